The Morgan fingerprint density at radius 3 is 2.59 bits per heavy atom. The maximum absolute atomic E-state index is 13.6. The number of hydroxylamine groups is 1. The first kappa shape index (κ1) is 13.4. The molecular formula is C11H14FNO4. The van der Waals surface area contributed by atoms with Crippen LogP contribution in [0.4, 0.5) is 4.39 Å². The topological polar surface area (TPSA) is 56.8 Å². The summed E-state index contributed by atoms with van der Waals surface area (Å²) in [6.07, 6.45) is 0. The summed E-state index contributed by atoms with van der Waals surface area (Å²) in [4.78, 5) is 16.1. The van der Waals surface area contributed by atoms with Crippen LogP contribution in [0, 0.1) is 5.82 Å². The molecule has 0 aliphatic heterocycles. The Morgan fingerprint density at radius 2 is 2.06 bits per heavy atom. The Bertz CT molecular complexity index is 409. The van der Waals surface area contributed by atoms with E-state index >= 15 is 0 Å². The van der Waals surface area contributed by atoms with Gasteiger partial charge < -0.3 is 14.3 Å². The highest BCUT2D eigenvalue weighted by Gasteiger charge is 2.18. The molecule has 0 unspecified atom stereocenters. The molecule has 94 valence electrons. The lowest BCUT2D eigenvalue weighted by atomic mass is 10.1. The van der Waals surface area contributed by atoms with Crippen LogP contribution < -0.4 is 10.2 Å². The van der Waals surface area contributed by atoms with Crippen molar-refractivity contribution in [1.29, 1.82) is 0 Å². The molecule has 0 radical (unpaired) electrons. The Hall–Kier alpha value is -1.66. The number of carbonyl (C=O) groups is 1. The van der Waals surface area contributed by atoms with E-state index in [0.29, 0.717) is 5.56 Å². The average molecular weight is 243 g/mol. The van der Waals surface area contributed by atoms with Crippen molar-refractivity contribution in [3.05, 3.63) is 29.1 Å². The van der Waals surface area contributed by atoms with E-state index in [2.05, 4.69) is 15.1 Å². The summed E-state index contributed by atoms with van der Waals surface area (Å²) in [5.74, 6) is -1.40. The molecular weight excluding hydrogens is 229 g/mol. The fraction of sp³-hybridized carbons (Fsp3) is 0.364. The number of benzene rings is 1. The predicted molar refractivity (Wildman–Crippen MR) is 58.1 cm³/mol. The van der Waals surface area contributed by atoms with Crippen molar-refractivity contribution in [2.75, 3.05) is 21.3 Å². The minimum atomic E-state index is -0.653. The molecule has 1 aromatic carbocycles. The number of carbonyl (C=O) groups excluding carboxylic acids is 1. The number of hydrogen-bond donors (Lipinski definition) is 1. The maximum Gasteiger partial charge on any atom is 0.341 e. The Kier molecular flexibility index (Phi) is 4.86. The summed E-state index contributed by atoms with van der Waals surface area (Å²) < 4.78 is 23.0. The SMILES string of the molecule is CONCc1cc(F)c(OC)c(C(=O)OC)c1. The molecule has 0 saturated carbocycles. The quantitative estimate of drug-likeness (QED) is 0.623. The van der Waals surface area contributed by atoms with E-state index in [1.807, 2.05) is 0 Å². The van der Waals surface area contributed by atoms with Crippen molar-refractivity contribution in [1.82, 2.24) is 5.48 Å². The average Bonchev–Trinajstić information content (AvgIpc) is 2.34. The van der Waals surface area contributed by atoms with Crippen LogP contribution in [0.2, 0.25) is 0 Å². The van der Waals surface area contributed by atoms with Gasteiger partial charge in [-0.05, 0) is 17.7 Å². The molecule has 0 heterocycles. The minimum Gasteiger partial charge on any atom is -0.493 e. The van der Waals surface area contributed by atoms with Gasteiger partial charge in [0.25, 0.3) is 0 Å². The zero-order valence-electron chi connectivity index (χ0n) is 9.87. The van der Waals surface area contributed by atoms with E-state index in [1.165, 1.54) is 33.5 Å². The van der Waals surface area contributed by atoms with E-state index in [0.717, 1.165) is 0 Å². The lowest BCUT2D eigenvalue weighted by Crippen LogP contribution is -2.13. The van der Waals surface area contributed by atoms with Crippen LogP contribution in [0.1, 0.15) is 15.9 Å². The van der Waals surface area contributed by atoms with E-state index in [9.17, 15) is 9.18 Å². The standard InChI is InChI=1S/C11H14FNO4/c1-15-10-8(11(14)16-2)4-7(5-9(10)12)6-13-17-3/h4-5,13H,6H2,1-3H3. The van der Waals surface area contributed by atoms with Crippen molar-refractivity contribution < 1.29 is 23.5 Å². The number of ether oxygens (including phenoxy) is 2. The normalized spacial score (nSPS) is 10.1. The molecule has 0 aliphatic rings. The smallest absolute Gasteiger partial charge is 0.341 e. The molecule has 0 bridgehead atoms. The van der Waals surface area contributed by atoms with E-state index in [4.69, 9.17) is 4.74 Å². The van der Waals surface area contributed by atoms with E-state index in [1.54, 1.807) is 0 Å². The largest absolute Gasteiger partial charge is 0.493 e. The molecule has 1 N–H and O–H groups in total. The van der Waals surface area contributed by atoms with Crippen LogP contribution in [-0.2, 0) is 16.1 Å². The molecule has 0 aromatic heterocycles. The van der Waals surface area contributed by atoms with Crippen LogP contribution in [0.3, 0.4) is 0 Å². The minimum absolute atomic E-state index is 0.0444. The number of nitrogens with one attached hydrogen (secondary N) is 1. The van der Waals surface area contributed by atoms with Gasteiger partial charge in [0.2, 0.25) is 0 Å². The van der Waals surface area contributed by atoms with Gasteiger partial charge in [0.05, 0.1) is 21.3 Å². The van der Waals surface area contributed by atoms with Gasteiger partial charge in [-0.2, -0.15) is 5.48 Å². The van der Waals surface area contributed by atoms with E-state index < -0.39 is 11.8 Å². The van der Waals surface area contributed by atoms with Crippen LogP contribution in [0.25, 0.3) is 0 Å². The molecule has 0 amide bonds. The number of esters is 1. The van der Waals surface area contributed by atoms with Crippen molar-refractivity contribution in [3.8, 4) is 5.75 Å². The monoisotopic (exact) mass is 243 g/mol. The Morgan fingerprint density at radius 1 is 1.35 bits per heavy atom. The van der Waals surface area contributed by atoms with Crippen molar-refractivity contribution in [2.24, 2.45) is 0 Å². The van der Waals surface area contributed by atoms with Gasteiger partial charge in [-0.15, -0.1) is 0 Å². The first-order valence-electron chi connectivity index (χ1n) is 4.84. The van der Waals surface area contributed by atoms with Gasteiger partial charge in [0, 0.05) is 6.54 Å². The molecule has 1 rings (SSSR count). The number of methoxy groups -OCH3 is 2. The lowest BCUT2D eigenvalue weighted by molar-refractivity contribution is 0.0595. The highest BCUT2D eigenvalue weighted by atomic mass is 19.1. The Labute approximate surface area is 98.4 Å². The zero-order chi connectivity index (χ0) is 12.8. The molecule has 0 aliphatic carbocycles. The summed E-state index contributed by atoms with van der Waals surface area (Å²) in [7, 11) is 3.96. The molecule has 17 heavy (non-hydrogen) atoms. The van der Waals surface area contributed by atoms with Gasteiger partial charge in [-0.1, -0.05) is 0 Å². The maximum atomic E-state index is 13.6. The molecule has 5 nitrogen and oxygen atoms in total. The van der Waals surface area contributed by atoms with Gasteiger partial charge in [0.1, 0.15) is 5.56 Å². The molecule has 6 heteroatoms. The highest BCUT2D eigenvalue weighted by molar-refractivity contribution is 5.92. The second-order valence-corrected chi connectivity index (χ2v) is 3.18. The first-order chi connectivity index (χ1) is 8.13. The second kappa shape index (κ2) is 6.17. The van der Waals surface area contributed by atoms with Gasteiger partial charge in [-0.25, -0.2) is 9.18 Å². The fourth-order valence-electron chi connectivity index (χ4n) is 1.38. The number of hydrogen-bond acceptors (Lipinski definition) is 5. The third-order valence-electron chi connectivity index (χ3n) is 2.13. The molecule has 0 atom stereocenters. The van der Waals surface area contributed by atoms with Crippen molar-refractivity contribution >= 4 is 5.97 Å². The molecule has 1 aromatic rings. The predicted octanol–water partition coefficient (Wildman–Crippen LogP) is 1.27. The lowest BCUT2D eigenvalue weighted by Gasteiger charge is -2.10. The summed E-state index contributed by atoms with van der Waals surface area (Å²) in [5.41, 5.74) is 3.14. The number of rotatable bonds is 5. The summed E-state index contributed by atoms with van der Waals surface area (Å²) in [6, 6.07) is 2.75. The van der Waals surface area contributed by atoms with Crippen LogP contribution in [0.5, 0.6) is 5.75 Å². The van der Waals surface area contributed by atoms with Gasteiger partial charge in [0.15, 0.2) is 11.6 Å². The fourth-order valence-corrected chi connectivity index (χ4v) is 1.38. The van der Waals surface area contributed by atoms with Gasteiger partial charge >= 0.3 is 5.97 Å². The van der Waals surface area contributed by atoms with Crippen LogP contribution in [-0.4, -0.2) is 27.3 Å². The van der Waals surface area contributed by atoms with Gasteiger partial charge in [-0.3, -0.25) is 0 Å². The first-order valence-corrected chi connectivity index (χ1v) is 4.84. The zero-order valence-corrected chi connectivity index (χ0v) is 9.87. The molecule has 0 saturated heterocycles. The van der Waals surface area contributed by atoms with Crippen molar-refractivity contribution in [3.63, 3.8) is 0 Å². The molecule has 0 fully saturated rings. The van der Waals surface area contributed by atoms with Crippen LogP contribution in [0.15, 0.2) is 12.1 Å². The Balaban J connectivity index is 3.14. The van der Waals surface area contributed by atoms with E-state index in [-0.39, 0.29) is 17.9 Å². The highest BCUT2D eigenvalue weighted by Crippen LogP contribution is 2.25. The summed E-state index contributed by atoms with van der Waals surface area (Å²) in [6.45, 7) is 0.265. The number of halogens is 1. The van der Waals surface area contributed by atoms with Crippen molar-refractivity contribution in [2.45, 2.75) is 6.54 Å². The summed E-state index contributed by atoms with van der Waals surface area (Å²) >= 11 is 0. The summed E-state index contributed by atoms with van der Waals surface area (Å²) in [5, 5.41) is 0. The second-order valence-electron chi connectivity index (χ2n) is 3.18. The van der Waals surface area contributed by atoms with Crippen LogP contribution >= 0.6 is 0 Å². The third kappa shape index (κ3) is 3.15. The third-order valence-corrected chi connectivity index (χ3v) is 2.13. The molecule has 0 spiro atoms.